The van der Waals surface area contributed by atoms with Crippen molar-refractivity contribution in [2.24, 2.45) is 5.92 Å². The predicted molar refractivity (Wildman–Crippen MR) is 116 cm³/mol. The van der Waals surface area contributed by atoms with Gasteiger partial charge in [-0.3, -0.25) is 4.79 Å². The Labute approximate surface area is 186 Å². The number of hydrogen-bond acceptors (Lipinski definition) is 3. The van der Waals surface area contributed by atoms with Gasteiger partial charge in [-0.25, -0.2) is 13.8 Å². The second kappa shape index (κ2) is 9.02. The molecule has 0 spiro atoms. The fourth-order valence-corrected chi connectivity index (χ4v) is 4.89. The first-order valence-electron chi connectivity index (χ1n) is 11.2. The zero-order valence-corrected chi connectivity index (χ0v) is 18.9. The Bertz CT molecular complexity index is 944. The Hall–Kier alpha value is -1.73. The van der Waals surface area contributed by atoms with Gasteiger partial charge in [0, 0.05) is 44.0 Å². The SMILES string of the molecule is CC(C)c1nc2cc(C(=O)NC3CCOCC3)c(Cl)cn2c1CC1CCC(F)(F)CC1. The second-order valence-electron chi connectivity index (χ2n) is 9.23. The Morgan fingerprint density at radius 1 is 1.29 bits per heavy atom. The minimum atomic E-state index is -2.53. The molecule has 2 aromatic rings. The zero-order chi connectivity index (χ0) is 22.2. The average molecular weight is 454 g/mol. The highest BCUT2D eigenvalue weighted by Gasteiger charge is 2.35. The van der Waals surface area contributed by atoms with E-state index in [1.54, 1.807) is 12.3 Å². The van der Waals surface area contributed by atoms with Gasteiger partial charge in [-0.2, -0.15) is 0 Å². The van der Waals surface area contributed by atoms with Crippen molar-refractivity contribution in [2.75, 3.05) is 13.2 Å². The standard InChI is InChI=1S/C23H30ClF2N3O2/c1-14(2)21-19(11-15-3-7-23(25,26)8-4-15)29-13-18(24)17(12-20(29)28-21)22(30)27-16-5-9-31-10-6-16/h12-16H,3-11H2,1-2H3,(H,27,30). The minimum absolute atomic E-state index is 0.0529. The molecule has 2 aliphatic rings. The predicted octanol–water partition coefficient (Wildman–Crippen LogP) is 5.39. The van der Waals surface area contributed by atoms with E-state index in [0.29, 0.717) is 48.7 Å². The molecule has 0 bridgehead atoms. The lowest BCUT2D eigenvalue weighted by Gasteiger charge is -2.28. The van der Waals surface area contributed by atoms with Crippen molar-refractivity contribution in [1.82, 2.24) is 14.7 Å². The van der Waals surface area contributed by atoms with Crippen LogP contribution in [0, 0.1) is 5.92 Å². The van der Waals surface area contributed by atoms with Crippen LogP contribution in [0.2, 0.25) is 5.02 Å². The largest absolute Gasteiger partial charge is 0.381 e. The summed E-state index contributed by atoms with van der Waals surface area (Å²) < 4.78 is 34.4. The van der Waals surface area contributed by atoms with E-state index in [9.17, 15) is 13.6 Å². The molecule has 1 aliphatic carbocycles. The molecule has 8 heteroatoms. The van der Waals surface area contributed by atoms with Crippen molar-refractivity contribution in [3.63, 3.8) is 0 Å². The van der Waals surface area contributed by atoms with E-state index < -0.39 is 5.92 Å². The van der Waals surface area contributed by atoms with Gasteiger partial charge in [-0.15, -0.1) is 0 Å². The van der Waals surface area contributed by atoms with Gasteiger partial charge in [-0.1, -0.05) is 25.4 Å². The molecule has 5 nitrogen and oxygen atoms in total. The molecular formula is C23H30ClF2N3O2. The van der Waals surface area contributed by atoms with Crippen LogP contribution in [-0.2, 0) is 11.2 Å². The first-order chi connectivity index (χ1) is 14.7. The van der Waals surface area contributed by atoms with Crippen LogP contribution in [0.4, 0.5) is 8.78 Å². The molecule has 1 saturated carbocycles. The van der Waals surface area contributed by atoms with Crippen LogP contribution in [0.25, 0.3) is 5.65 Å². The molecule has 2 fully saturated rings. The molecule has 4 rings (SSSR count). The Kier molecular flexibility index (Phi) is 6.54. The van der Waals surface area contributed by atoms with Crippen molar-refractivity contribution in [2.45, 2.75) is 76.7 Å². The highest BCUT2D eigenvalue weighted by molar-refractivity contribution is 6.33. The molecule has 3 heterocycles. The number of amides is 1. The molecule has 1 amide bonds. The summed E-state index contributed by atoms with van der Waals surface area (Å²) in [5.41, 5.74) is 3.03. The van der Waals surface area contributed by atoms with Gasteiger partial charge in [0.25, 0.3) is 5.91 Å². The molecule has 1 aliphatic heterocycles. The summed E-state index contributed by atoms with van der Waals surface area (Å²) in [6.45, 7) is 5.43. The van der Waals surface area contributed by atoms with Crippen molar-refractivity contribution >= 4 is 23.2 Å². The van der Waals surface area contributed by atoms with Gasteiger partial charge in [0.05, 0.1) is 16.3 Å². The number of carbonyl (C=O) groups is 1. The number of pyridine rings is 1. The summed E-state index contributed by atoms with van der Waals surface area (Å²) in [5.74, 6) is -2.36. The van der Waals surface area contributed by atoms with Gasteiger partial charge in [0.2, 0.25) is 5.92 Å². The Balaban J connectivity index is 1.60. The van der Waals surface area contributed by atoms with Gasteiger partial charge in [-0.05, 0) is 50.0 Å². The number of ether oxygens (including phenoxy) is 1. The summed E-state index contributed by atoms with van der Waals surface area (Å²) in [5, 5.41) is 3.41. The lowest BCUT2D eigenvalue weighted by molar-refractivity contribution is -0.0457. The van der Waals surface area contributed by atoms with E-state index in [0.717, 1.165) is 24.2 Å². The van der Waals surface area contributed by atoms with E-state index >= 15 is 0 Å². The van der Waals surface area contributed by atoms with Crippen LogP contribution < -0.4 is 5.32 Å². The lowest BCUT2D eigenvalue weighted by Crippen LogP contribution is -2.39. The van der Waals surface area contributed by atoms with E-state index in [1.807, 2.05) is 4.40 Å². The van der Waals surface area contributed by atoms with Gasteiger partial charge in [0.15, 0.2) is 0 Å². The number of nitrogens with zero attached hydrogens (tertiary/aromatic N) is 2. The fraction of sp³-hybridized carbons (Fsp3) is 0.652. The summed E-state index contributed by atoms with van der Waals surface area (Å²) in [7, 11) is 0. The highest BCUT2D eigenvalue weighted by Crippen LogP contribution is 2.38. The maximum absolute atomic E-state index is 13.6. The number of alkyl halides is 2. The minimum Gasteiger partial charge on any atom is -0.381 e. The maximum atomic E-state index is 13.6. The van der Waals surface area contributed by atoms with E-state index in [2.05, 4.69) is 19.2 Å². The number of rotatable bonds is 5. The Morgan fingerprint density at radius 3 is 2.61 bits per heavy atom. The Morgan fingerprint density at radius 2 is 1.97 bits per heavy atom. The zero-order valence-electron chi connectivity index (χ0n) is 18.1. The van der Waals surface area contributed by atoms with Crippen LogP contribution in [0.1, 0.15) is 80.0 Å². The first-order valence-corrected chi connectivity index (χ1v) is 11.6. The van der Waals surface area contributed by atoms with Crippen LogP contribution in [0.3, 0.4) is 0 Å². The summed E-state index contributed by atoms with van der Waals surface area (Å²) in [6, 6.07) is 1.82. The van der Waals surface area contributed by atoms with Crippen LogP contribution in [0.5, 0.6) is 0 Å². The second-order valence-corrected chi connectivity index (χ2v) is 9.63. The molecule has 0 unspecified atom stereocenters. The average Bonchev–Trinajstić information content (AvgIpc) is 3.07. The number of halogens is 3. The number of fused-ring (bicyclic) bond motifs is 1. The van der Waals surface area contributed by atoms with Crippen LogP contribution in [-0.4, -0.2) is 40.5 Å². The number of imidazole rings is 1. The summed E-state index contributed by atoms with van der Waals surface area (Å²) in [6.07, 6.45) is 4.93. The topological polar surface area (TPSA) is 55.6 Å². The number of nitrogens with one attached hydrogen (secondary N) is 1. The maximum Gasteiger partial charge on any atom is 0.253 e. The first kappa shape index (κ1) is 22.5. The van der Waals surface area contributed by atoms with Crippen molar-refractivity contribution in [1.29, 1.82) is 0 Å². The van der Waals surface area contributed by atoms with Crippen LogP contribution in [0.15, 0.2) is 12.3 Å². The monoisotopic (exact) mass is 453 g/mol. The van der Waals surface area contributed by atoms with Crippen molar-refractivity contribution in [3.8, 4) is 0 Å². The third-order valence-electron chi connectivity index (χ3n) is 6.51. The van der Waals surface area contributed by atoms with Crippen molar-refractivity contribution in [3.05, 3.63) is 34.2 Å². The quantitative estimate of drug-likeness (QED) is 0.660. The van der Waals surface area contributed by atoms with E-state index in [1.165, 1.54) is 0 Å². The molecular weight excluding hydrogens is 424 g/mol. The third kappa shape index (κ3) is 5.03. The number of carbonyl (C=O) groups excluding carboxylic acids is 1. The number of hydrogen-bond donors (Lipinski definition) is 1. The molecule has 0 atom stereocenters. The number of aromatic nitrogens is 2. The molecule has 1 saturated heterocycles. The van der Waals surface area contributed by atoms with Gasteiger partial charge in [0.1, 0.15) is 5.65 Å². The lowest BCUT2D eigenvalue weighted by atomic mass is 9.83. The van der Waals surface area contributed by atoms with Gasteiger partial charge >= 0.3 is 0 Å². The summed E-state index contributed by atoms with van der Waals surface area (Å²) in [4.78, 5) is 17.6. The molecule has 2 aromatic heterocycles. The smallest absolute Gasteiger partial charge is 0.253 e. The molecule has 0 radical (unpaired) electrons. The van der Waals surface area contributed by atoms with Crippen molar-refractivity contribution < 1.29 is 18.3 Å². The van der Waals surface area contributed by atoms with E-state index in [4.69, 9.17) is 21.3 Å². The van der Waals surface area contributed by atoms with E-state index in [-0.39, 0.29) is 36.6 Å². The molecule has 0 aromatic carbocycles. The van der Waals surface area contributed by atoms with Crippen LogP contribution >= 0.6 is 11.6 Å². The summed E-state index contributed by atoms with van der Waals surface area (Å²) >= 11 is 6.52. The third-order valence-corrected chi connectivity index (χ3v) is 6.81. The molecule has 31 heavy (non-hydrogen) atoms. The molecule has 1 N–H and O–H groups in total. The molecule has 170 valence electrons. The normalized spacial score (nSPS) is 20.5. The fourth-order valence-electron chi connectivity index (χ4n) is 4.65. The highest BCUT2D eigenvalue weighted by atomic mass is 35.5. The van der Waals surface area contributed by atoms with Gasteiger partial charge < -0.3 is 14.5 Å².